The monoisotopic (exact) mass is 217 g/mol. The normalized spacial score (nSPS) is 52.1. The largest absolute Gasteiger partial charge is 0.299 e. The predicted molar refractivity (Wildman–Crippen MR) is 56.1 cm³/mol. The predicted octanol–water partition coefficient (Wildman–Crippen LogP) is 1.58. The van der Waals surface area contributed by atoms with Crippen LogP contribution in [-0.2, 0) is 9.59 Å². The third kappa shape index (κ3) is 0.753. The van der Waals surface area contributed by atoms with Crippen LogP contribution in [0.1, 0.15) is 27.2 Å². The fraction of sp³-hybridized carbons (Fsp3) is 0.769. The summed E-state index contributed by atoms with van der Waals surface area (Å²) in [6.07, 6.45) is 0.594. The number of hydrogen-bond acceptors (Lipinski definition) is 3. The SMILES string of the molecule is CC1(C)[C@@H]2C(=O)[C@@H]3C[C@H](C#N)[C@]3(C)C(=O)[C@@H]21. The summed E-state index contributed by atoms with van der Waals surface area (Å²) in [7, 11) is 0. The van der Waals surface area contributed by atoms with Crippen LogP contribution in [0.3, 0.4) is 0 Å². The number of Topliss-reactive ketones (excluding diaryl/α,β-unsaturated/α-hetero) is 2. The summed E-state index contributed by atoms with van der Waals surface area (Å²) in [6, 6.07) is 2.19. The van der Waals surface area contributed by atoms with Gasteiger partial charge in [-0.25, -0.2) is 0 Å². The highest BCUT2D eigenvalue weighted by atomic mass is 16.1. The average molecular weight is 217 g/mol. The van der Waals surface area contributed by atoms with Gasteiger partial charge in [-0.05, 0) is 11.8 Å². The third-order valence-corrected chi connectivity index (χ3v) is 5.37. The van der Waals surface area contributed by atoms with Crippen molar-refractivity contribution in [2.45, 2.75) is 27.2 Å². The van der Waals surface area contributed by atoms with Gasteiger partial charge in [0, 0.05) is 17.8 Å². The van der Waals surface area contributed by atoms with Crippen LogP contribution in [0, 0.1) is 45.8 Å². The molecule has 0 N–H and O–H groups in total. The molecule has 3 aliphatic rings. The molecule has 0 saturated heterocycles. The molecule has 0 spiro atoms. The molecule has 3 rings (SSSR count). The number of rotatable bonds is 0. The zero-order chi connectivity index (χ0) is 11.9. The molecule has 0 bridgehead atoms. The van der Waals surface area contributed by atoms with E-state index in [2.05, 4.69) is 6.07 Å². The number of ketones is 2. The highest BCUT2D eigenvalue weighted by Gasteiger charge is 2.77. The summed E-state index contributed by atoms with van der Waals surface area (Å²) in [6.45, 7) is 5.81. The first kappa shape index (κ1) is 10.0. The molecule has 0 amide bonds. The van der Waals surface area contributed by atoms with Crippen molar-refractivity contribution < 1.29 is 9.59 Å². The second-order valence-electron chi connectivity index (χ2n) is 6.30. The Balaban J connectivity index is 2.05. The van der Waals surface area contributed by atoms with Gasteiger partial charge in [-0.15, -0.1) is 0 Å². The van der Waals surface area contributed by atoms with Crippen molar-refractivity contribution in [3.63, 3.8) is 0 Å². The zero-order valence-electron chi connectivity index (χ0n) is 9.78. The molecule has 0 unspecified atom stereocenters. The first-order valence-corrected chi connectivity index (χ1v) is 5.84. The Morgan fingerprint density at radius 1 is 1.25 bits per heavy atom. The van der Waals surface area contributed by atoms with E-state index in [9.17, 15) is 9.59 Å². The summed E-state index contributed by atoms with van der Waals surface area (Å²) in [5, 5.41) is 9.01. The van der Waals surface area contributed by atoms with Gasteiger partial charge in [0.15, 0.2) is 0 Å². The molecule has 0 aromatic carbocycles. The third-order valence-electron chi connectivity index (χ3n) is 5.37. The van der Waals surface area contributed by atoms with Gasteiger partial charge in [-0.3, -0.25) is 9.59 Å². The number of carbonyl (C=O) groups excluding carboxylic acids is 2. The molecular weight excluding hydrogens is 202 g/mol. The topological polar surface area (TPSA) is 57.9 Å². The van der Waals surface area contributed by atoms with E-state index in [0.29, 0.717) is 6.42 Å². The number of nitrogens with zero attached hydrogens (tertiary/aromatic N) is 1. The molecular formula is C13H15NO2. The Labute approximate surface area is 94.8 Å². The first-order valence-electron chi connectivity index (χ1n) is 5.84. The van der Waals surface area contributed by atoms with Gasteiger partial charge < -0.3 is 0 Å². The smallest absolute Gasteiger partial charge is 0.145 e. The van der Waals surface area contributed by atoms with Crippen molar-refractivity contribution >= 4 is 11.6 Å². The van der Waals surface area contributed by atoms with Gasteiger partial charge in [0.25, 0.3) is 0 Å². The molecule has 0 aromatic heterocycles. The lowest BCUT2D eigenvalue weighted by molar-refractivity contribution is -0.159. The fourth-order valence-electron chi connectivity index (χ4n) is 3.96. The second-order valence-corrected chi connectivity index (χ2v) is 6.30. The van der Waals surface area contributed by atoms with Gasteiger partial charge in [0.1, 0.15) is 11.6 Å². The summed E-state index contributed by atoms with van der Waals surface area (Å²) in [4.78, 5) is 24.6. The van der Waals surface area contributed by atoms with E-state index < -0.39 is 5.41 Å². The molecule has 0 radical (unpaired) electrons. The van der Waals surface area contributed by atoms with Gasteiger partial charge in [-0.1, -0.05) is 20.8 Å². The molecule has 3 aliphatic carbocycles. The summed E-state index contributed by atoms with van der Waals surface area (Å²) in [5.41, 5.74) is -0.824. The molecule has 84 valence electrons. The Bertz CT molecular complexity index is 459. The maximum absolute atomic E-state index is 12.4. The lowest BCUT2D eigenvalue weighted by Crippen LogP contribution is -2.58. The van der Waals surface area contributed by atoms with Gasteiger partial charge in [0.2, 0.25) is 0 Å². The van der Waals surface area contributed by atoms with Crippen molar-refractivity contribution in [1.82, 2.24) is 0 Å². The van der Waals surface area contributed by atoms with Crippen LogP contribution >= 0.6 is 0 Å². The average Bonchev–Trinajstić information content (AvgIpc) is 2.76. The second kappa shape index (κ2) is 2.40. The Morgan fingerprint density at radius 2 is 1.88 bits per heavy atom. The molecule has 0 aliphatic heterocycles. The molecule has 3 nitrogen and oxygen atoms in total. The van der Waals surface area contributed by atoms with E-state index in [1.54, 1.807) is 0 Å². The van der Waals surface area contributed by atoms with Crippen LogP contribution in [0.5, 0.6) is 0 Å². The van der Waals surface area contributed by atoms with Crippen LogP contribution in [0.15, 0.2) is 0 Å². The highest BCUT2D eigenvalue weighted by Crippen LogP contribution is 2.71. The van der Waals surface area contributed by atoms with Gasteiger partial charge in [0.05, 0.1) is 17.4 Å². The highest BCUT2D eigenvalue weighted by molar-refractivity contribution is 6.08. The standard InChI is InChI=1S/C13H15NO2/c1-12(2)8-9(12)11(16)13(3)6(5-14)4-7(13)10(8)15/h6-9H,4H2,1-3H3/t6-,7+,8+,9-,13+/m1/s1. The Hall–Kier alpha value is -1.17. The minimum absolute atomic E-state index is 0.0577. The summed E-state index contributed by atoms with van der Waals surface area (Å²) in [5.74, 6) is -0.178. The van der Waals surface area contributed by atoms with Crippen LogP contribution in [0.2, 0.25) is 0 Å². The van der Waals surface area contributed by atoms with Crippen LogP contribution in [0.25, 0.3) is 0 Å². The number of nitriles is 1. The van der Waals surface area contributed by atoms with Crippen molar-refractivity contribution in [1.29, 1.82) is 5.26 Å². The lowest BCUT2D eigenvalue weighted by Gasteiger charge is -2.51. The van der Waals surface area contributed by atoms with E-state index >= 15 is 0 Å². The molecule has 0 heterocycles. The van der Waals surface area contributed by atoms with Gasteiger partial charge >= 0.3 is 0 Å². The minimum atomic E-state index is -0.666. The molecule has 3 heteroatoms. The molecule has 0 aromatic rings. The minimum Gasteiger partial charge on any atom is -0.299 e. The van der Waals surface area contributed by atoms with Crippen LogP contribution in [-0.4, -0.2) is 11.6 Å². The fourth-order valence-corrected chi connectivity index (χ4v) is 3.96. The van der Waals surface area contributed by atoms with Gasteiger partial charge in [-0.2, -0.15) is 5.26 Å². The zero-order valence-corrected chi connectivity index (χ0v) is 9.78. The molecule has 5 atom stereocenters. The first-order chi connectivity index (χ1) is 7.36. The number of fused-ring (bicyclic) bond motifs is 2. The molecule has 3 saturated carbocycles. The van der Waals surface area contributed by atoms with Crippen LogP contribution < -0.4 is 0 Å². The maximum Gasteiger partial charge on any atom is 0.145 e. The van der Waals surface area contributed by atoms with E-state index in [0.717, 1.165) is 0 Å². The van der Waals surface area contributed by atoms with E-state index in [1.807, 2.05) is 20.8 Å². The summed E-state index contributed by atoms with van der Waals surface area (Å²) >= 11 is 0. The molecule has 3 fully saturated rings. The van der Waals surface area contributed by atoms with Crippen molar-refractivity contribution in [2.24, 2.45) is 34.5 Å². The molecule has 16 heavy (non-hydrogen) atoms. The Morgan fingerprint density at radius 3 is 2.44 bits per heavy atom. The maximum atomic E-state index is 12.4. The van der Waals surface area contributed by atoms with E-state index in [4.69, 9.17) is 5.26 Å². The quantitative estimate of drug-likeness (QED) is 0.619. The van der Waals surface area contributed by atoms with Crippen molar-refractivity contribution in [2.75, 3.05) is 0 Å². The lowest BCUT2D eigenvalue weighted by atomic mass is 9.48. The number of hydrogen-bond donors (Lipinski definition) is 0. The van der Waals surface area contributed by atoms with E-state index in [-0.39, 0.29) is 40.7 Å². The van der Waals surface area contributed by atoms with Crippen molar-refractivity contribution in [3.8, 4) is 6.07 Å². The van der Waals surface area contributed by atoms with Crippen molar-refractivity contribution in [3.05, 3.63) is 0 Å². The van der Waals surface area contributed by atoms with Crippen LogP contribution in [0.4, 0.5) is 0 Å². The summed E-state index contributed by atoms with van der Waals surface area (Å²) < 4.78 is 0. The number of carbonyl (C=O) groups is 2. The van der Waals surface area contributed by atoms with E-state index in [1.165, 1.54) is 0 Å². The Kier molecular flexibility index (Phi) is 1.50.